The minimum absolute atomic E-state index is 0.0803. The molecule has 8 nitrogen and oxygen atoms in total. The van der Waals surface area contributed by atoms with Gasteiger partial charge in [0.15, 0.2) is 23.3 Å². The Morgan fingerprint density at radius 2 is 0.730 bits per heavy atom. The van der Waals surface area contributed by atoms with Crippen molar-refractivity contribution < 1.29 is 0 Å². The zero-order valence-corrected chi connectivity index (χ0v) is 48.5. The number of aromatic nitrogens is 6. The van der Waals surface area contributed by atoms with Gasteiger partial charge in [-0.15, -0.1) is 0 Å². The topological polar surface area (TPSA) is 75.9 Å². The summed E-state index contributed by atoms with van der Waals surface area (Å²) in [6.07, 6.45) is 0. The third kappa shape index (κ3) is 8.89. The van der Waals surface area contributed by atoms with Crippen molar-refractivity contribution >= 4 is 79.0 Å². The molecule has 0 radical (unpaired) electrons. The highest BCUT2D eigenvalue weighted by atomic mass is 15.2. The van der Waals surface area contributed by atoms with Gasteiger partial charge in [0.2, 0.25) is 0 Å². The van der Waals surface area contributed by atoms with Gasteiger partial charge in [0.05, 0.1) is 28.1 Å². The molecular weight excluding hydrogens is 1080 g/mol. The fourth-order valence-electron chi connectivity index (χ4n) is 13.4. The molecule has 0 N–H and O–H groups in total. The Bertz CT molecular complexity index is 5150. The van der Waals surface area contributed by atoms with E-state index in [2.05, 4.69) is 258 Å². The van der Waals surface area contributed by atoms with Crippen LogP contribution in [0.5, 0.6) is 0 Å². The van der Waals surface area contributed by atoms with Gasteiger partial charge in [0, 0.05) is 78.3 Å². The quantitative estimate of drug-likeness (QED) is 0.126. The van der Waals surface area contributed by atoms with Crippen molar-refractivity contribution in [2.75, 3.05) is 9.80 Å². The molecule has 0 bridgehead atoms. The van der Waals surface area contributed by atoms with Crippen molar-refractivity contribution in [1.82, 2.24) is 29.5 Å². The zero-order valence-electron chi connectivity index (χ0n) is 48.5. The van der Waals surface area contributed by atoms with E-state index < -0.39 is 0 Å². The summed E-state index contributed by atoms with van der Waals surface area (Å²) < 4.78 is 2.37. The molecule has 0 unspecified atom stereocenters. The maximum atomic E-state index is 5.58. The highest BCUT2D eigenvalue weighted by Gasteiger charge is 2.43. The van der Waals surface area contributed by atoms with E-state index in [1.165, 1.54) is 55.5 Å². The molecule has 0 fully saturated rings. The van der Waals surface area contributed by atoms with Gasteiger partial charge in [-0.2, -0.15) is 0 Å². The van der Waals surface area contributed by atoms with Gasteiger partial charge < -0.3 is 14.4 Å². The molecule has 5 heterocycles. The summed E-state index contributed by atoms with van der Waals surface area (Å²) in [5.41, 5.74) is 24.4. The first kappa shape index (κ1) is 51.6. The van der Waals surface area contributed by atoms with E-state index in [0.29, 0.717) is 23.3 Å². The van der Waals surface area contributed by atoms with Gasteiger partial charge in [-0.05, 0) is 125 Å². The standard InChI is InChI=1S/C80H53BN8/c1-52-37-47-70-63(49-52)62-29-14-17-32-69(62)89(70)71-48-44-59(80-85-78(56-23-8-3-9-24-56)84-79(86-80)57-25-10-4-11-26-57)50-64(71)68-51-67(55-21-6-2-7-22-55)82-77(83-68)58-40-38-53(39-41-58)54-42-45-61(46-43-54)88-73-34-19-16-31-66(73)81-65-30-15-18-33-72(65)87(60-27-12-5-13-28-60)74-35-20-36-75(88)76(74)81/h2-51H,1H3. The fourth-order valence-corrected chi connectivity index (χ4v) is 13.4. The summed E-state index contributed by atoms with van der Waals surface area (Å²) in [5.74, 6) is 2.35. The minimum atomic E-state index is 0.0803. The Morgan fingerprint density at radius 1 is 0.281 bits per heavy atom. The molecule has 15 aromatic rings. The Morgan fingerprint density at radius 3 is 1.36 bits per heavy atom. The van der Waals surface area contributed by atoms with E-state index in [9.17, 15) is 0 Å². The zero-order chi connectivity index (χ0) is 58.9. The molecule has 0 aliphatic carbocycles. The van der Waals surface area contributed by atoms with Crippen molar-refractivity contribution in [1.29, 1.82) is 0 Å². The van der Waals surface area contributed by atoms with Crippen molar-refractivity contribution in [3.63, 3.8) is 0 Å². The average Bonchev–Trinajstić information content (AvgIpc) is 1.17. The molecule has 0 saturated heterocycles. The van der Waals surface area contributed by atoms with Crippen LogP contribution in [0.25, 0.3) is 107 Å². The first-order chi connectivity index (χ1) is 44.0. The highest BCUT2D eigenvalue weighted by Crippen LogP contribution is 2.45. The number of benzene rings is 12. The summed E-state index contributed by atoms with van der Waals surface area (Å²) in [7, 11) is 0. The lowest BCUT2D eigenvalue weighted by atomic mass is 9.33. The molecule has 3 aromatic heterocycles. The number of nitrogens with zero attached hydrogens (tertiary/aromatic N) is 8. The molecule has 0 saturated carbocycles. The summed E-state index contributed by atoms with van der Waals surface area (Å²) in [5, 5.41) is 2.36. The highest BCUT2D eigenvalue weighted by molar-refractivity contribution is 7.00. The molecule has 2 aliphatic heterocycles. The second-order valence-electron chi connectivity index (χ2n) is 22.9. The first-order valence-electron chi connectivity index (χ1n) is 30.2. The van der Waals surface area contributed by atoms with Crippen LogP contribution in [0.1, 0.15) is 5.56 Å². The lowest BCUT2D eigenvalue weighted by Gasteiger charge is -2.44. The Kier molecular flexibility index (Phi) is 12.4. The molecular formula is C80H53BN8. The van der Waals surface area contributed by atoms with Crippen molar-refractivity contribution in [2.24, 2.45) is 0 Å². The number of para-hydroxylation sites is 4. The van der Waals surface area contributed by atoms with Gasteiger partial charge in [-0.25, -0.2) is 24.9 Å². The van der Waals surface area contributed by atoms with Crippen LogP contribution in [0.2, 0.25) is 0 Å². The number of hydrogen-bond donors (Lipinski definition) is 0. The maximum Gasteiger partial charge on any atom is 0.252 e. The average molecular weight is 1140 g/mol. The summed E-state index contributed by atoms with van der Waals surface area (Å²) in [4.78, 5) is 31.3. The summed E-state index contributed by atoms with van der Waals surface area (Å²) in [6, 6.07) is 108. The molecule has 89 heavy (non-hydrogen) atoms. The van der Waals surface area contributed by atoms with E-state index >= 15 is 0 Å². The minimum Gasteiger partial charge on any atom is -0.311 e. The van der Waals surface area contributed by atoms with Crippen LogP contribution >= 0.6 is 0 Å². The van der Waals surface area contributed by atoms with Crippen molar-refractivity contribution in [3.05, 3.63) is 309 Å². The monoisotopic (exact) mass is 1140 g/mol. The number of anilines is 6. The summed E-state index contributed by atoms with van der Waals surface area (Å²) in [6.45, 7) is 2.23. The molecule has 9 heteroatoms. The van der Waals surface area contributed by atoms with Crippen LogP contribution in [0.4, 0.5) is 34.1 Å². The van der Waals surface area contributed by atoms with Crippen LogP contribution in [-0.2, 0) is 0 Å². The van der Waals surface area contributed by atoms with Gasteiger partial charge >= 0.3 is 0 Å². The Hall–Kier alpha value is -11.8. The number of rotatable bonds is 10. The Balaban J connectivity index is 0.783. The Labute approximate surface area is 516 Å². The van der Waals surface area contributed by atoms with Crippen LogP contribution in [-0.4, -0.2) is 36.2 Å². The normalized spacial score (nSPS) is 12.3. The fraction of sp³-hybridized carbons (Fsp3) is 0.0125. The molecule has 0 amide bonds. The van der Waals surface area contributed by atoms with E-state index in [0.717, 1.165) is 84.0 Å². The molecule has 0 spiro atoms. The lowest BCUT2D eigenvalue weighted by molar-refractivity contribution is 1.07. The molecule has 17 rings (SSSR count). The molecule has 0 atom stereocenters. The van der Waals surface area contributed by atoms with Crippen LogP contribution in [0, 0.1) is 6.92 Å². The maximum absolute atomic E-state index is 5.58. The predicted octanol–water partition coefficient (Wildman–Crippen LogP) is 17.8. The van der Waals surface area contributed by atoms with Crippen LogP contribution in [0.3, 0.4) is 0 Å². The van der Waals surface area contributed by atoms with E-state index in [4.69, 9.17) is 24.9 Å². The molecule has 416 valence electrons. The SMILES string of the molecule is Cc1ccc2c(c1)c1ccccc1n2-c1ccc(-c2nc(-c3ccccc3)nc(-c3ccccc3)n2)cc1-c1cc(-c2ccccc2)nc(-c2ccc(-c3ccc(N4c5ccccc5B5c6ccccc6N(c6ccccc6)c6cccc4c65)cc3)cc2)n1. The van der Waals surface area contributed by atoms with Gasteiger partial charge in [0.1, 0.15) is 0 Å². The van der Waals surface area contributed by atoms with Gasteiger partial charge in [0.25, 0.3) is 6.71 Å². The van der Waals surface area contributed by atoms with E-state index in [1.807, 2.05) is 66.7 Å². The second kappa shape index (κ2) is 21.3. The summed E-state index contributed by atoms with van der Waals surface area (Å²) >= 11 is 0. The van der Waals surface area contributed by atoms with Crippen molar-refractivity contribution in [2.45, 2.75) is 6.92 Å². The van der Waals surface area contributed by atoms with Gasteiger partial charge in [-0.3, -0.25) is 0 Å². The van der Waals surface area contributed by atoms with Crippen molar-refractivity contribution in [3.8, 4) is 84.9 Å². The first-order valence-corrected chi connectivity index (χ1v) is 30.2. The van der Waals surface area contributed by atoms with Crippen LogP contribution in [0.15, 0.2) is 303 Å². The third-order valence-corrected chi connectivity index (χ3v) is 17.5. The molecule has 12 aromatic carbocycles. The largest absolute Gasteiger partial charge is 0.311 e. The second-order valence-corrected chi connectivity index (χ2v) is 22.9. The molecule has 2 aliphatic rings. The number of hydrogen-bond acceptors (Lipinski definition) is 7. The third-order valence-electron chi connectivity index (χ3n) is 17.5. The van der Waals surface area contributed by atoms with E-state index in [1.54, 1.807) is 0 Å². The van der Waals surface area contributed by atoms with Gasteiger partial charge in [-0.1, -0.05) is 218 Å². The predicted molar refractivity (Wildman–Crippen MR) is 367 cm³/mol. The smallest absolute Gasteiger partial charge is 0.252 e. The number of fused-ring (bicyclic) bond motifs is 7. The van der Waals surface area contributed by atoms with Crippen LogP contribution < -0.4 is 26.2 Å². The number of aryl methyl sites for hydroxylation is 1. The lowest BCUT2D eigenvalue weighted by Crippen LogP contribution is -2.61. The van der Waals surface area contributed by atoms with E-state index in [-0.39, 0.29) is 6.71 Å².